The van der Waals surface area contributed by atoms with Gasteiger partial charge in [-0.25, -0.2) is 4.99 Å². The molecule has 0 N–H and O–H groups in total. The fourth-order valence-corrected chi connectivity index (χ4v) is 5.09. The summed E-state index contributed by atoms with van der Waals surface area (Å²) in [5, 5.41) is 3.28. The molecule has 1 aliphatic rings. The summed E-state index contributed by atoms with van der Waals surface area (Å²) in [6.07, 6.45) is 9.15. The third-order valence-corrected chi connectivity index (χ3v) is 6.55. The topological polar surface area (TPSA) is 12.4 Å². The van der Waals surface area contributed by atoms with Crippen LogP contribution < -0.4 is 0 Å². The largest absolute Gasteiger partial charge is 0.242 e. The summed E-state index contributed by atoms with van der Waals surface area (Å²) in [6, 6.07) is 18.9. The summed E-state index contributed by atoms with van der Waals surface area (Å²) in [5.74, 6) is 2.04. The van der Waals surface area contributed by atoms with Crippen LogP contribution in [0.5, 0.6) is 0 Å². The predicted octanol–water partition coefficient (Wildman–Crippen LogP) is 7.64. The first kappa shape index (κ1) is 19.3. The lowest BCUT2D eigenvalue weighted by atomic mass is 9.91. The van der Waals surface area contributed by atoms with Gasteiger partial charge in [-0.1, -0.05) is 66.9 Å². The summed E-state index contributed by atoms with van der Waals surface area (Å²) >= 11 is 3.67. The first-order chi connectivity index (χ1) is 12.8. The number of benzene rings is 2. The third-order valence-electron chi connectivity index (χ3n) is 4.59. The number of nitrogens with zero attached hydrogens (tertiary/aromatic N) is 1. The second-order valence-electron chi connectivity index (χ2n) is 6.84. The van der Waals surface area contributed by atoms with Crippen molar-refractivity contribution in [2.75, 3.05) is 5.75 Å². The van der Waals surface area contributed by atoms with Crippen molar-refractivity contribution in [2.45, 2.75) is 43.9 Å². The van der Waals surface area contributed by atoms with E-state index in [1.807, 2.05) is 30.0 Å². The van der Waals surface area contributed by atoms with E-state index in [1.165, 1.54) is 48.3 Å². The molecule has 26 heavy (non-hydrogen) atoms. The van der Waals surface area contributed by atoms with Gasteiger partial charge in [0.1, 0.15) is 0 Å². The van der Waals surface area contributed by atoms with E-state index in [2.05, 4.69) is 54.8 Å². The number of thioether (sulfide) groups is 2. The molecule has 0 spiro atoms. The highest BCUT2D eigenvalue weighted by Crippen LogP contribution is 2.29. The molecule has 2 aromatic rings. The molecule has 1 aliphatic carbocycles. The zero-order valence-electron chi connectivity index (χ0n) is 15.4. The Hall–Kier alpha value is -1.45. The van der Waals surface area contributed by atoms with Gasteiger partial charge < -0.3 is 0 Å². The summed E-state index contributed by atoms with van der Waals surface area (Å²) < 4.78 is 0. The Labute approximate surface area is 166 Å². The van der Waals surface area contributed by atoms with E-state index in [4.69, 9.17) is 4.99 Å². The maximum absolute atomic E-state index is 4.87. The van der Waals surface area contributed by atoms with Crippen LogP contribution in [0.1, 0.15) is 37.7 Å². The van der Waals surface area contributed by atoms with Crippen molar-refractivity contribution < 1.29 is 0 Å². The van der Waals surface area contributed by atoms with Gasteiger partial charge in [-0.15, -0.1) is 11.8 Å². The van der Waals surface area contributed by atoms with E-state index in [0.29, 0.717) is 0 Å². The normalized spacial score (nSPS) is 16.3. The lowest BCUT2D eigenvalue weighted by Crippen LogP contribution is -2.09. The minimum Gasteiger partial charge on any atom is -0.242 e. The number of aliphatic imine (C=N–C) groups is 1. The molecule has 3 rings (SSSR count). The highest BCUT2D eigenvalue weighted by Gasteiger charge is 2.14. The summed E-state index contributed by atoms with van der Waals surface area (Å²) in [4.78, 5) is 6.15. The van der Waals surface area contributed by atoms with Crippen molar-refractivity contribution in [3.63, 3.8) is 0 Å². The van der Waals surface area contributed by atoms with Gasteiger partial charge in [0.15, 0.2) is 0 Å². The number of para-hydroxylation sites is 1. The molecule has 1 fully saturated rings. The van der Waals surface area contributed by atoms with Crippen LogP contribution in [-0.2, 0) is 0 Å². The fourth-order valence-electron chi connectivity index (χ4n) is 3.16. The Morgan fingerprint density at radius 2 is 1.85 bits per heavy atom. The molecule has 0 aromatic heterocycles. The van der Waals surface area contributed by atoms with Crippen molar-refractivity contribution in [1.29, 1.82) is 0 Å². The van der Waals surface area contributed by atoms with Crippen molar-refractivity contribution in [1.82, 2.24) is 0 Å². The smallest absolute Gasteiger partial charge is 0.0972 e. The SMILES string of the molecule is Cc1cccc(S/C=C/C(=Nc2ccccc2)SCC2CCCCC2)c1. The zero-order valence-corrected chi connectivity index (χ0v) is 17.1. The van der Waals surface area contributed by atoms with Crippen LogP contribution in [0, 0.1) is 12.8 Å². The molecule has 136 valence electrons. The van der Waals surface area contributed by atoms with Gasteiger partial charge in [-0.3, -0.25) is 0 Å². The highest BCUT2D eigenvalue weighted by molar-refractivity contribution is 8.14. The van der Waals surface area contributed by atoms with Crippen molar-refractivity contribution in [3.05, 3.63) is 71.6 Å². The summed E-state index contributed by atoms with van der Waals surface area (Å²) in [5.41, 5.74) is 2.33. The molecule has 0 atom stereocenters. The molecular weight excluding hydrogens is 354 g/mol. The third kappa shape index (κ3) is 6.69. The van der Waals surface area contributed by atoms with Crippen molar-refractivity contribution in [3.8, 4) is 0 Å². The quantitative estimate of drug-likeness (QED) is 0.289. The molecule has 0 radical (unpaired) electrons. The van der Waals surface area contributed by atoms with Gasteiger partial charge in [-0.05, 0) is 61.4 Å². The lowest BCUT2D eigenvalue weighted by Gasteiger charge is -2.20. The second kappa shape index (κ2) is 10.6. The monoisotopic (exact) mass is 381 g/mol. The number of rotatable bonds is 6. The molecule has 1 saturated carbocycles. The Balaban J connectivity index is 1.65. The molecule has 0 unspecified atom stereocenters. The Morgan fingerprint density at radius 1 is 1.04 bits per heavy atom. The molecule has 0 amide bonds. The van der Waals surface area contributed by atoms with Gasteiger partial charge in [0.05, 0.1) is 10.7 Å². The second-order valence-corrected chi connectivity index (χ2v) is 8.86. The standard InChI is InChI=1S/C23H27NS2/c1-19-9-8-14-22(17-19)25-16-15-23(24-21-12-6-3-7-13-21)26-18-20-10-4-2-5-11-20/h3,6-9,12-17,20H,2,4-5,10-11,18H2,1H3/b16-15+,24-23?. The Bertz CT molecular complexity index is 731. The number of hydrogen-bond donors (Lipinski definition) is 0. The van der Waals surface area contributed by atoms with Gasteiger partial charge >= 0.3 is 0 Å². The predicted molar refractivity (Wildman–Crippen MR) is 119 cm³/mol. The van der Waals surface area contributed by atoms with Crippen LogP contribution in [0.2, 0.25) is 0 Å². The highest BCUT2D eigenvalue weighted by atomic mass is 32.2. The zero-order chi connectivity index (χ0) is 18.0. The molecular formula is C23H27NS2. The van der Waals surface area contributed by atoms with E-state index in [9.17, 15) is 0 Å². The van der Waals surface area contributed by atoms with E-state index in [0.717, 1.165) is 16.6 Å². The molecule has 1 nitrogen and oxygen atoms in total. The minimum atomic E-state index is 0.854. The van der Waals surface area contributed by atoms with Gasteiger partial charge in [0, 0.05) is 10.6 Å². The van der Waals surface area contributed by atoms with Gasteiger partial charge in [0.2, 0.25) is 0 Å². The van der Waals surface area contributed by atoms with Crippen LogP contribution >= 0.6 is 23.5 Å². The van der Waals surface area contributed by atoms with E-state index < -0.39 is 0 Å². The fraction of sp³-hybridized carbons (Fsp3) is 0.348. The van der Waals surface area contributed by atoms with Crippen molar-refractivity contribution in [2.24, 2.45) is 10.9 Å². The summed E-state index contributed by atoms with van der Waals surface area (Å²) in [6.45, 7) is 2.14. The first-order valence-electron chi connectivity index (χ1n) is 9.46. The van der Waals surface area contributed by atoms with Crippen LogP contribution in [-0.4, -0.2) is 10.8 Å². The molecule has 0 bridgehead atoms. The Kier molecular flexibility index (Phi) is 7.90. The summed E-state index contributed by atoms with van der Waals surface area (Å²) in [7, 11) is 0. The van der Waals surface area contributed by atoms with Crippen LogP contribution in [0.3, 0.4) is 0 Å². The van der Waals surface area contributed by atoms with Gasteiger partial charge in [-0.2, -0.15) is 0 Å². The molecule has 3 heteroatoms. The van der Waals surface area contributed by atoms with Crippen LogP contribution in [0.4, 0.5) is 5.69 Å². The van der Waals surface area contributed by atoms with Crippen LogP contribution in [0.25, 0.3) is 0 Å². The van der Waals surface area contributed by atoms with Crippen molar-refractivity contribution >= 4 is 34.3 Å². The molecule has 0 aliphatic heterocycles. The molecule has 2 aromatic carbocycles. The molecule has 0 heterocycles. The Morgan fingerprint density at radius 3 is 2.62 bits per heavy atom. The minimum absolute atomic E-state index is 0.854. The van der Waals surface area contributed by atoms with E-state index in [-0.39, 0.29) is 0 Å². The first-order valence-corrected chi connectivity index (χ1v) is 11.3. The van der Waals surface area contributed by atoms with Gasteiger partial charge in [0.25, 0.3) is 0 Å². The van der Waals surface area contributed by atoms with E-state index in [1.54, 1.807) is 11.8 Å². The van der Waals surface area contributed by atoms with E-state index >= 15 is 0 Å². The maximum Gasteiger partial charge on any atom is 0.0972 e. The number of aryl methyl sites for hydroxylation is 1. The molecule has 0 saturated heterocycles. The lowest BCUT2D eigenvalue weighted by molar-refractivity contribution is 0.391. The maximum atomic E-state index is 4.87. The number of hydrogen-bond acceptors (Lipinski definition) is 3. The van der Waals surface area contributed by atoms with Crippen LogP contribution in [0.15, 0.2) is 76.0 Å². The average Bonchev–Trinajstić information content (AvgIpc) is 2.68. The average molecular weight is 382 g/mol.